The van der Waals surface area contributed by atoms with Gasteiger partial charge in [0.1, 0.15) is 16.9 Å². The minimum absolute atomic E-state index is 0.0185. The van der Waals surface area contributed by atoms with E-state index < -0.39 is 51.2 Å². The van der Waals surface area contributed by atoms with E-state index in [1.54, 1.807) is 27.0 Å². The van der Waals surface area contributed by atoms with E-state index >= 15 is 0 Å². The lowest BCUT2D eigenvalue weighted by atomic mass is 9.65. The normalized spacial score (nSPS) is 25.2. The lowest BCUT2D eigenvalue weighted by Crippen LogP contribution is -2.66. The van der Waals surface area contributed by atoms with E-state index in [4.69, 9.17) is 4.74 Å². The molecule has 2 aliphatic heterocycles. The molecule has 1 saturated heterocycles. The first-order valence-corrected chi connectivity index (χ1v) is 13.7. The number of nitrogens with zero attached hydrogens (tertiary/aromatic N) is 3. The predicted octanol–water partition coefficient (Wildman–Crippen LogP) is 1.41. The fourth-order valence-corrected chi connectivity index (χ4v) is 7.40. The van der Waals surface area contributed by atoms with Crippen LogP contribution in [-0.4, -0.2) is 75.8 Å². The van der Waals surface area contributed by atoms with Gasteiger partial charge in [0, 0.05) is 23.4 Å². The minimum Gasteiger partial charge on any atom is -0.477 e. The standard InChI is InChI=1S/C22H27N3O8S2/c1-10(2)21(30)33-7-6-22(4)14(12-8-24-9-23-17(19(24)34-12)35(5,31)32)15(20(28)29)25-16(22)13(11(3)26)18(25)27/h8-11,13,16,26H,6-7H2,1-5H3,(H,28,29)/t11-,13-,16-,22?/m1/s1. The van der Waals surface area contributed by atoms with E-state index in [0.717, 1.165) is 17.6 Å². The first kappa shape index (κ1) is 25.3. The van der Waals surface area contributed by atoms with Crippen molar-refractivity contribution in [3.63, 3.8) is 0 Å². The third-order valence-electron chi connectivity index (χ3n) is 6.68. The molecule has 35 heavy (non-hydrogen) atoms. The van der Waals surface area contributed by atoms with E-state index in [2.05, 4.69) is 4.98 Å². The van der Waals surface area contributed by atoms with Crippen molar-refractivity contribution in [1.29, 1.82) is 0 Å². The number of carbonyl (C=O) groups is 3. The number of carboxylic acids is 1. The highest BCUT2D eigenvalue weighted by atomic mass is 32.2. The molecule has 4 heterocycles. The smallest absolute Gasteiger partial charge is 0.352 e. The minimum atomic E-state index is -3.63. The van der Waals surface area contributed by atoms with Gasteiger partial charge >= 0.3 is 11.9 Å². The number of ether oxygens (including phenoxy) is 1. The molecule has 13 heteroatoms. The number of rotatable bonds is 8. The highest BCUT2D eigenvalue weighted by Crippen LogP contribution is 2.60. The second kappa shape index (κ2) is 8.42. The Morgan fingerprint density at radius 2 is 1.97 bits per heavy atom. The van der Waals surface area contributed by atoms with Crippen LogP contribution in [0.2, 0.25) is 0 Å². The maximum atomic E-state index is 12.9. The molecule has 0 aliphatic carbocycles. The molecule has 1 fully saturated rings. The molecule has 2 aromatic heterocycles. The number of aliphatic hydroxyl groups excluding tert-OH is 1. The molecule has 0 spiro atoms. The van der Waals surface area contributed by atoms with Gasteiger partial charge in [-0.15, -0.1) is 11.3 Å². The summed E-state index contributed by atoms with van der Waals surface area (Å²) in [4.78, 5) is 43.3. The number of hydrogen-bond donors (Lipinski definition) is 2. The summed E-state index contributed by atoms with van der Waals surface area (Å²) in [6, 6.07) is -0.664. The van der Waals surface area contributed by atoms with Crippen molar-refractivity contribution in [2.75, 3.05) is 12.9 Å². The van der Waals surface area contributed by atoms with Crippen molar-refractivity contribution in [2.24, 2.45) is 17.3 Å². The number of amides is 1. The van der Waals surface area contributed by atoms with Crippen LogP contribution in [0.4, 0.5) is 0 Å². The van der Waals surface area contributed by atoms with Crippen LogP contribution in [0.15, 0.2) is 23.2 Å². The number of sulfone groups is 1. The molecule has 1 unspecified atom stereocenters. The first-order chi connectivity index (χ1) is 16.2. The van der Waals surface area contributed by atoms with E-state index in [-0.39, 0.29) is 29.7 Å². The van der Waals surface area contributed by atoms with E-state index in [1.165, 1.54) is 22.6 Å². The average Bonchev–Trinajstić information content (AvgIpc) is 3.35. The maximum absolute atomic E-state index is 12.9. The van der Waals surface area contributed by atoms with Crippen molar-refractivity contribution in [3.8, 4) is 0 Å². The van der Waals surface area contributed by atoms with Gasteiger partial charge in [-0.1, -0.05) is 20.8 Å². The molecule has 0 aromatic carbocycles. The van der Waals surface area contributed by atoms with E-state index in [1.807, 2.05) is 0 Å². The second-order valence-corrected chi connectivity index (χ2v) is 12.5. The number of hydrogen-bond acceptors (Lipinski definition) is 9. The topological polar surface area (TPSA) is 156 Å². The van der Waals surface area contributed by atoms with Gasteiger partial charge in [0.05, 0.1) is 35.5 Å². The molecule has 2 aromatic rings. The van der Waals surface area contributed by atoms with Crippen molar-refractivity contribution in [2.45, 2.75) is 51.3 Å². The fourth-order valence-electron chi connectivity index (χ4n) is 5.01. The third-order valence-corrected chi connectivity index (χ3v) is 8.94. The Morgan fingerprint density at radius 3 is 2.51 bits per heavy atom. The van der Waals surface area contributed by atoms with Gasteiger partial charge in [0.2, 0.25) is 5.91 Å². The van der Waals surface area contributed by atoms with Gasteiger partial charge in [0.25, 0.3) is 0 Å². The summed E-state index contributed by atoms with van der Waals surface area (Å²) in [5.41, 5.74) is -0.879. The van der Waals surface area contributed by atoms with Gasteiger partial charge in [0.15, 0.2) is 14.9 Å². The molecule has 0 saturated carbocycles. The Hall–Kier alpha value is -2.77. The van der Waals surface area contributed by atoms with Gasteiger partial charge in [-0.2, -0.15) is 0 Å². The molecular weight excluding hydrogens is 498 g/mol. The number of β-lactam (4-membered cyclic amide) rings is 1. The second-order valence-electron chi connectivity index (χ2n) is 9.57. The molecule has 0 radical (unpaired) electrons. The van der Waals surface area contributed by atoms with Crippen molar-refractivity contribution in [3.05, 3.63) is 23.1 Å². The van der Waals surface area contributed by atoms with Crippen LogP contribution in [-0.2, 0) is 29.0 Å². The van der Waals surface area contributed by atoms with Crippen LogP contribution < -0.4 is 0 Å². The Labute approximate surface area is 205 Å². The predicted molar refractivity (Wildman–Crippen MR) is 125 cm³/mol. The van der Waals surface area contributed by atoms with Crippen molar-refractivity contribution < 1.29 is 37.8 Å². The number of fused-ring (bicyclic) bond motifs is 2. The number of carboxylic acid groups (broad SMARTS) is 1. The summed E-state index contributed by atoms with van der Waals surface area (Å²) in [5.74, 6) is -3.39. The summed E-state index contributed by atoms with van der Waals surface area (Å²) in [6.07, 6.45) is 3.14. The lowest BCUT2D eigenvalue weighted by molar-refractivity contribution is -0.168. The number of carbonyl (C=O) groups excluding carboxylic acids is 2. The van der Waals surface area contributed by atoms with Gasteiger partial charge < -0.3 is 19.8 Å². The SMILES string of the molecule is CC(C)C(=O)OCCC1(C)C(c2cn3cnc(S(C)(=O)=O)c3s2)=C(C(=O)O)N2C(=O)[C@H]([C@@H](C)O)[C@@H]21. The van der Waals surface area contributed by atoms with Gasteiger partial charge in [-0.3, -0.25) is 14.0 Å². The molecule has 2 N–H and O–H groups in total. The third kappa shape index (κ3) is 3.85. The first-order valence-electron chi connectivity index (χ1n) is 11.0. The highest BCUT2D eigenvalue weighted by molar-refractivity contribution is 7.91. The van der Waals surface area contributed by atoms with Crippen LogP contribution in [0.1, 0.15) is 39.0 Å². The molecular formula is C22H27N3O8S2. The molecule has 4 rings (SSSR count). The Balaban J connectivity index is 1.87. The van der Waals surface area contributed by atoms with Crippen LogP contribution in [0.3, 0.4) is 0 Å². The molecule has 2 aliphatic rings. The Kier molecular flexibility index (Phi) is 6.09. The number of aromatic nitrogens is 2. The van der Waals surface area contributed by atoms with Crippen molar-refractivity contribution in [1.82, 2.24) is 14.3 Å². The zero-order chi connectivity index (χ0) is 26.0. The van der Waals surface area contributed by atoms with E-state index in [9.17, 15) is 33.0 Å². The number of aliphatic hydroxyl groups is 1. The highest BCUT2D eigenvalue weighted by Gasteiger charge is 2.66. The van der Waals surface area contributed by atoms with E-state index in [0.29, 0.717) is 15.3 Å². The van der Waals surface area contributed by atoms with Crippen LogP contribution in [0.25, 0.3) is 10.4 Å². The quantitative estimate of drug-likeness (QED) is 0.384. The number of thiazole rings is 1. The van der Waals surface area contributed by atoms with Crippen molar-refractivity contribution >= 4 is 49.4 Å². The monoisotopic (exact) mass is 525 g/mol. The molecule has 0 bridgehead atoms. The van der Waals surface area contributed by atoms with Crippen LogP contribution in [0, 0.1) is 17.3 Å². The zero-order valence-electron chi connectivity index (χ0n) is 19.9. The molecule has 11 nitrogen and oxygen atoms in total. The maximum Gasteiger partial charge on any atom is 0.352 e. The largest absolute Gasteiger partial charge is 0.477 e. The number of aliphatic carboxylic acids is 1. The Bertz CT molecular complexity index is 1370. The molecule has 4 atom stereocenters. The summed E-state index contributed by atoms with van der Waals surface area (Å²) in [5, 5.41) is 20.3. The van der Waals surface area contributed by atoms with Gasteiger partial charge in [-0.25, -0.2) is 18.2 Å². The average molecular weight is 526 g/mol. The summed E-state index contributed by atoms with van der Waals surface area (Å²) >= 11 is 1.06. The number of imidazole rings is 1. The summed E-state index contributed by atoms with van der Waals surface area (Å²) < 4.78 is 31.2. The van der Waals surface area contributed by atoms with Gasteiger partial charge in [-0.05, 0) is 13.3 Å². The summed E-state index contributed by atoms with van der Waals surface area (Å²) in [7, 11) is -3.63. The molecule has 190 valence electrons. The van der Waals surface area contributed by atoms with Crippen LogP contribution in [0.5, 0.6) is 0 Å². The summed E-state index contributed by atoms with van der Waals surface area (Å²) in [6.45, 7) is 6.65. The molecule has 1 amide bonds. The Morgan fingerprint density at radius 1 is 1.31 bits per heavy atom. The van der Waals surface area contributed by atoms with Crippen LogP contribution >= 0.6 is 11.3 Å². The fraction of sp³-hybridized carbons (Fsp3) is 0.545. The zero-order valence-corrected chi connectivity index (χ0v) is 21.5. The lowest BCUT2D eigenvalue weighted by Gasteiger charge is -2.50. The number of esters is 1.